The number of nitrogens with zero attached hydrogens (tertiary/aromatic N) is 2. The second kappa shape index (κ2) is 6.63. The summed E-state index contributed by atoms with van der Waals surface area (Å²) in [6.07, 6.45) is -0.601. The molecule has 0 aliphatic rings. The molecule has 3 aromatic rings. The van der Waals surface area contributed by atoms with Gasteiger partial charge in [0.25, 0.3) is 0 Å². The summed E-state index contributed by atoms with van der Waals surface area (Å²) in [6, 6.07) is 16.0. The number of aliphatic hydroxyl groups is 1. The molecule has 1 heterocycles. The van der Waals surface area contributed by atoms with Gasteiger partial charge in [0.2, 0.25) is 5.91 Å². The molecule has 126 valence electrons. The molecule has 3 N–H and O–H groups in total. The highest BCUT2D eigenvalue weighted by Gasteiger charge is 2.19. The second-order valence-corrected chi connectivity index (χ2v) is 6.32. The molecule has 1 amide bonds. The zero-order valence-electron chi connectivity index (χ0n) is 14.0. The van der Waals surface area contributed by atoms with Crippen molar-refractivity contribution in [2.24, 2.45) is 5.73 Å². The van der Waals surface area contributed by atoms with Crippen molar-refractivity contribution < 1.29 is 9.90 Å². The Bertz CT molecular complexity index is 818. The molecule has 0 saturated heterocycles. The molecule has 2 aromatic carbocycles. The Morgan fingerprint density at radius 3 is 2.12 bits per heavy atom. The van der Waals surface area contributed by atoms with E-state index in [1.807, 2.05) is 24.3 Å². The third-order valence-corrected chi connectivity index (χ3v) is 4.64. The highest BCUT2D eigenvalue weighted by molar-refractivity contribution is 6.07. The number of fused-ring (bicyclic) bond motifs is 3. The largest absolute Gasteiger partial charge is 0.390 e. The van der Waals surface area contributed by atoms with Crippen LogP contribution < -0.4 is 5.73 Å². The summed E-state index contributed by atoms with van der Waals surface area (Å²) in [7, 11) is 1.80. The number of carbonyl (C=O) groups excluding carboxylic acids is 1. The molecule has 1 aromatic heterocycles. The Labute approximate surface area is 141 Å². The molecule has 2 atom stereocenters. The number of primary amides is 1. The summed E-state index contributed by atoms with van der Waals surface area (Å²) in [5.41, 5.74) is 7.53. The van der Waals surface area contributed by atoms with E-state index in [-0.39, 0.29) is 5.91 Å². The van der Waals surface area contributed by atoms with E-state index in [0.717, 1.165) is 11.0 Å². The Balaban J connectivity index is 1.90. The van der Waals surface area contributed by atoms with Crippen molar-refractivity contribution in [3.05, 3.63) is 48.5 Å². The topological polar surface area (TPSA) is 71.5 Å². The molecule has 0 fully saturated rings. The molecule has 5 nitrogen and oxygen atoms in total. The lowest BCUT2D eigenvalue weighted by molar-refractivity contribution is -0.122. The number of rotatable bonds is 6. The Morgan fingerprint density at radius 2 is 1.62 bits per heavy atom. The van der Waals surface area contributed by atoms with Gasteiger partial charge in [-0.05, 0) is 26.1 Å². The van der Waals surface area contributed by atoms with Crippen molar-refractivity contribution in [1.82, 2.24) is 9.47 Å². The van der Waals surface area contributed by atoms with Crippen LogP contribution in [0.3, 0.4) is 0 Å². The number of aromatic nitrogens is 1. The number of likely N-dealkylation sites (N-methyl/N-ethyl adjacent to an activating group) is 1. The van der Waals surface area contributed by atoms with E-state index in [0.29, 0.717) is 13.1 Å². The molecular formula is C19H23N3O2. The van der Waals surface area contributed by atoms with Crippen LogP contribution in [0, 0.1) is 0 Å². The zero-order chi connectivity index (χ0) is 17.3. The summed E-state index contributed by atoms with van der Waals surface area (Å²) in [6.45, 7) is 2.59. The van der Waals surface area contributed by atoms with Crippen LogP contribution >= 0.6 is 0 Å². The lowest BCUT2D eigenvalue weighted by Gasteiger charge is -2.25. The molecule has 0 bridgehead atoms. The van der Waals surface area contributed by atoms with Gasteiger partial charge in [-0.3, -0.25) is 9.69 Å². The first-order chi connectivity index (χ1) is 11.5. The van der Waals surface area contributed by atoms with Crippen LogP contribution in [0.25, 0.3) is 21.8 Å². The summed E-state index contributed by atoms with van der Waals surface area (Å²) in [5.74, 6) is -0.387. The predicted octanol–water partition coefficient (Wildman–Crippen LogP) is 1.96. The quantitative estimate of drug-likeness (QED) is 0.728. The van der Waals surface area contributed by atoms with Crippen molar-refractivity contribution in [2.75, 3.05) is 13.6 Å². The maximum absolute atomic E-state index is 11.3. The predicted molar refractivity (Wildman–Crippen MR) is 96.7 cm³/mol. The van der Waals surface area contributed by atoms with Crippen molar-refractivity contribution in [3.8, 4) is 0 Å². The number of aliphatic hydroxyl groups excluding tert-OH is 1. The first kappa shape index (κ1) is 16.5. The van der Waals surface area contributed by atoms with E-state index >= 15 is 0 Å². The van der Waals surface area contributed by atoms with E-state index in [4.69, 9.17) is 5.73 Å². The average molecular weight is 325 g/mol. The van der Waals surface area contributed by atoms with Crippen LogP contribution in [0.5, 0.6) is 0 Å². The molecule has 0 saturated carbocycles. The summed E-state index contributed by atoms with van der Waals surface area (Å²) in [4.78, 5) is 13.1. The monoisotopic (exact) mass is 325 g/mol. The molecule has 5 heteroatoms. The number of hydrogen-bond acceptors (Lipinski definition) is 3. The molecule has 24 heavy (non-hydrogen) atoms. The van der Waals surface area contributed by atoms with Crippen LogP contribution in [0.1, 0.15) is 6.92 Å². The minimum absolute atomic E-state index is 0.380. The van der Waals surface area contributed by atoms with Crippen molar-refractivity contribution >= 4 is 27.7 Å². The normalized spacial score (nSPS) is 14.3. The van der Waals surface area contributed by atoms with Gasteiger partial charge in [0.1, 0.15) is 0 Å². The third-order valence-electron chi connectivity index (χ3n) is 4.64. The average Bonchev–Trinajstić information content (AvgIpc) is 2.88. The molecule has 0 spiro atoms. The lowest BCUT2D eigenvalue weighted by Crippen LogP contribution is -2.44. The maximum atomic E-state index is 11.3. The van der Waals surface area contributed by atoms with Gasteiger partial charge in [0.15, 0.2) is 0 Å². The first-order valence-electron chi connectivity index (χ1n) is 8.12. The number of amides is 1. The van der Waals surface area contributed by atoms with E-state index in [1.54, 1.807) is 18.9 Å². The Morgan fingerprint density at radius 1 is 1.12 bits per heavy atom. The van der Waals surface area contributed by atoms with Gasteiger partial charge in [-0.2, -0.15) is 0 Å². The third kappa shape index (κ3) is 3.00. The number of hydrogen-bond donors (Lipinski definition) is 2. The number of benzene rings is 2. The number of nitrogens with two attached hydrogens (primary N) is 1. The molecule has 0 aliphatic carbocycles. The fourth-order valence-corrected chi connectivity index (χ4v) is 3.18. The fourth-order valence-electron chi connectivity index (χ4n) is 3.18. The van der Waals surface area contributed by atoms with E-state index in [1.165, 1.54) is 10.8 Å². The molecule has 1 unspecified atom stereocenters. The number of para-hydroxylation sites is 2. The number of carbonyl (C=O) groups is 1. The van der Waals surface area contributed by atoms with Gasteiger partial charge in [0.05, 0.1) is 18.7 Å². The van der Waals surface area contributed by atoms with Crippen molar-refractivity contribution in [1.29, 1.82) is 0 Å². The smallest absolute Gasteiger partial charge is 0.234 e. The summed E-state index contributed by atoms with van der Waals surface area (Å²) in [5, 5.41) is 12.9. The molecule has 0 radical (unpaired) electrons. The van der Waals surface area contributed by atoms with E-state index in [2.05, 4.69) is 28.8 Å². The van der Waals surface area contributed by atoms with Crippen LogP contribution in [0.2, 0.25) is 0 Å². The first-order valence-corrected chi connectivity index (χ1v) is 8.12. The van der Waals surface area contributed by atoms with Crippen LogP contribution in [0.15, 0.2) is 48.5 Å². The maximum Gasteiger partial charge on any atom is 0.234 e. The van der Waals surface area contributed by atoms with Gasteiger partial charge < -0.3 is 15.4 Å². The van der Waals surface area contributed by atoms with Gasteiger partial charge in [-0.15, -0.1) is 0 Å². The molecular weight excluding hydrogens is 302 g/mol. The standard InChI is InChI=1S/C19H23N3O2/c1-13(19(20)24)21(2)11-14(23)12-22-17-9-5-3-7-15(17)16-8-4-6-10-18(16)22/h3-10,13-14,23H,11-12H2,1-2H3,(H2,20,24)/t13-,14?/m1/s1. The van der Waals surface area contributed by atoms with Gasteiger partial charge in [-0.1, -0.05) is 36.4 Å². The van der Waals surface area contributed by atoms with E-state index < -0.39 is 12.1 Å². The van der Waals surface area contributed by atoms with Crippen molar-refractivity contribution in [2.45, 2.75) is 25.6 Å². The van der Waals surface area contributed by atoms with Crippen LogP contribution in [-0.4, -0.2) is 46.2 Å². The van der Waals surface area contributed by atoms with Crippen LogP contribution in [0.4, 0.5) is 0 Å². The summed E-state index contributed by atoms with van der Waals surface area (Å²) < 4.78 is 2.14. The lowest BCUT2D eigenvalue weighted by atomic mass is 10.2. The molecule has 0 aliphatic heterocycles. The van der Waals surface area contributed by atoms with Gasteiger partial charge in [-0.25, -0.2) is 0 Å². The Kier molecular flexibility index (Phi) is 4.55. The second-order valence-electron chi connectivity index (χ2n) is 6.32. The van der Waals surface area contributed by atoms with Gasteiger partial charge >= 0.3 is 0 Å². The van der Waals surface area contributed by atoms with Crippen LogP contribution in [-0.2, 0) is 11.3 Å². The Hall–Kier alpha value is -2.37. The summed E-state index contributed by atoms with van der Waals surface area (Å²) >= 11 is 0. The minimum Gasteiger partial charge on any atom is -0.390 e. The highest BCUT2D eigenvalue weighted by Crippen LogP contribution is 2.28. The highest BCUT2D eigenvalue weighted by atomic mass is 16.3. The van der Waals surface area contributed by atoms with Crippen molar-refractivity contribution in [3.63, 3.8) is 0 Å². The zero-order valence-corrected chi connectivity index (χ0v) is 14.0. The SMILES string of the molecule is C[C@H](C(N)=O)N(C)CC(O)Cn1c2ccccc2c2ccccc21. The van der Waals surface area contributed by atoms with Gasteiger partial charge in [0, 0.05) is 28.4 Å². The van der Waals surface area contributed by atoms with E-state index in [9.17, 15) is 9.90 Å². The molecule has 3 rings (SSSR count). The minimum atomic E-state index is -0.601. The fraction of sp³-hybridized carbons (Fsp3) is 0.316.